The molecule has 0 bridgehead atoms. The Bertz CT molecular complexity index is 853. The second kappa shape index (κ2) is 9.76. The summed E-state index contributed by atoms with van der Waals surface area (Å²) >= 11 is 1.94. The van der Waals surface area contributed by atoms with E-state index < -0.39 is 11.8 Å². The zero-order valence-corrected chi connectivity index (χ0v) is 16.8. The lowest BCUT2D eigenvalue weighted by molar-refractivity contribution is -0.139. The molecule has 2 aromatic carbocycles. The average Bonchev–Trinajstić information content (AvgIpc) is 2.68. The third-order valence-corrected chi connectivity index (χ3v) is 4.29. The van der Waals surface area contributed by atoms with E-state index in [1.165, 1.54) is 13.3 Å². The lowest BCUT2D eigenvalue weighted by Gasteiger charge is -2.06. The van der Waals surface area contributed by atoms with Crippen molar-refractivity contribution in [2.75, 3.05) is 14.2 Å². The van der Waals surface area contributed by atoms with Crippen LogP contribution in [0.4, 0.5) is 0 Å². The Kier molecular flexibility index (Phi) is 7.41. The van der Waals surface area contributed by atoms with Gasteiger partial charge in [0.15, 0.2) is 11.5 Å². The summed E-state index contributed by atoms with van der Waals surface area (Å²) in [6.45, 7) is 0.202. The number of halogens is 1. The minimum Gasteiger partial charge on any atom is -0.504 e. The van der Waals surface area contributed by atoms with Crippen molar-refractivity contribution in [3.8, 4) is 17.2 Å². The summed E-state index contributed by atoms with van der Waals surface area (Å²) in [5.41, 5.74) is 3.57. The number of carbonyl (C=O) groups excluding carboxylic acids is 2. The van der Waals surface area contributed by atoms with Crippen LogP contribution < -0.4 is 20.2 Å². The fourth-order valence-electron chi connectivity index (χ4n) is 2.05. The largest absolute Gasteiger partial charge is 0.504 e. The van der Waals surface area contributed by atoms with Crippen molar-refractivity contribution in [2.24, 2.45) is 5.10 Å². The van der Waals surface area contributed by atoms with Crippen molar-refractivity contribution < 1.29 is 24.2 Å². The fourth-order valence-corrected chi connectivity index (χ4v) is 2.67. The number of phenols is 1. The molecule has 27 heavy (non-hydrogen) atoms. The van der Waals surface area contributed by atoms with Gasteiger partial charge in [-0.3, -0.25) is 9.59 Å². The van der Waals surface area contributed by atoms with Crippen molar-refractivity contribution in [1.29, 1.82) is 0 Å². The number of methoxy groups -OCH3 is 2. The van der Waals surface area contributed by atoms with E-state index in [-0.39, 0.29) is 18.0 Å². The van der Waals surface area contributed by atoms with Crippen molar-refractivity contribution >= 4 is 40.6 Å². The van der Waals surface area contributed by atoms with Crippen molar-refractivity contribution in [3.63, 3.8) is 0 Å². The van der Waals surface area contributed by atoms with Crippen LogP contribution in [0, 0.1) is 3.57 Å². The Morgan fingerprint density at radius 2 is 1.85 bits per heavy atom. The first-order chi connectivity index (χ1) is 12.9. The molecule has 0 spiro atoms. The van der Waals surface area contributed by atoms with E-state index in [4.69, 9.17) is 9.47 Å². The minimum absolute atomic E-state index is 0.0252. The Morgan fingerprint density at radius 1 is 1.15 bits per heavy atom. The van der Waals surface area contributed by atoms with Gasteiger partial charge in [-0.15, -0.1) is 0 Å². The summed E-state index contributed by atoms with van der Waals surface area (Å²) < 4.78 is 10.7. The average molecular weight is 483 g/mol. The number of amides is 2. The Morgan fingerprint density at radius 3 is 2.48 bits per heavy atom. The van der Waals surface area contributed by atoms with E-state index in [0.29, 0.717) is 14.9 Å². The summed E-state index contributed by atoms with van der Waals surface area (Å²) in [6, 6.07) is 10.3. The highest BCUT2D eigenvalue weighted by molar-refractivity contribution is 14.1. The van der Waals surface area contributed by atoms with Gasteiger partial charge in [0.25, 0.3) is 0 Å². The monoisotopic (exact) mass is 483 g/mol. The molecule has 0 atom stereocenters. The van der Waals surface area contributed by atoms with Gasteiger partial charge in [-0.2, -0.15) is 5.10 Å². The molecule has 0 saturated heterocycles. The van der Waals surface area contributed by atoms with Gasteiger partial charge in [0, 0.05) is 6.54 Å². The first-order valence-corrected chi connectivity index (χ1v) is 8.83. The van der Waals surface area contributed by atoms with Crippen molar-refractivity contribution in [3.05, 3.63) is 51.1 Å². The highest BCUT2D eigenvalue weighted by Gasteiger charge is 2.12. The van der Waals surface area contributed by atoms with Crippen LogP contribution >= 0.6 is 22.6 Å². The number of phenolic OH excluding ortho intramolecular Hbond substituents is 1. The van der Waals surface area contributed by atoms with Gasteiger partial charge in [-0.05, 0) is 58.0 Å². The van der Waals surface area contributed by atoms with E-state index in [1.807, 2.05) is 22.6 Å². The molecule has 0 fully saturated rings. The summed E-state index contributed by atoms with van der Waals surface area (Å²) in [4.78, 5) is 23.6. The Labute approximate surface area is 169 Å². The first-order valence-electron chi connectivity index (χ1n) is 7.75. The smallest absolute Gasteiger partial charge is 0.329 e. The molecule has 142 valence electrons. The number of ether oxygens (including phenoxy) is 2. The van der Waals surface area contributed by atoms with Crippen molar-refractivity contribution in [1.82, 2.24) is 10.7 Å². The number of hydrogen-bond donors (Lipinski definition) is 3. The lowest BCUT2D eigenvalue weighted by Crippen LogP contribution is -2.37. The molecule has 0 unspecified atom stereocenters. The summed E-state index contributed by atoms with van der Waals surface area (Å²) in [5.74, 6) is -0.678. The molecular weight excluding hydrogens is 465 g/mol. The third-order valence-electron chi connectivity index (χ3n) is 3.47. The van der Waals surface area contributed by atoms with Crippen LogP contribution in [0.3, 0.4) is 0 Å². The van der Waals surface area contributed by atoms with Crippen LogP contribution in [-0.4, -0.2) is 37.4 Å². The molecule has 0 radical (unpaired) electrons. The molecule has 0 aliphatic carbocycles. The summed E-state index contributed by atoms with van der Waals surface area (Å²) in [6.07, 6.45) is 1.35. The number of carbonyl (C=O) groups is 2. The number of benzene rings is 2. The van der Waals surface area contributed by atoms with Crippen LogP contribution in [0.1, 0.15) is 11.1 Å². The van der Waals surface area contributed by atoms with Crippen LogP contribution in [0.15, 0.2) is 41.5 Å². The molecule has 2 amide bonds. The zero-order valence-electron chi connectivity index (χ0n) is 14.7. The Balaban J connectivity index is 1.88. The number of aromatic hydroxyl groups is 1. The van der Waals surface area contributed by atoms with E-state index >= 15 is 0 Å². The molecule has 8 nitrogen and oxygen atoms in total. The van der Waals surface area contributed by atoms with E-state index in [0.717, 1.165) is 5.56 Å². The molecule has 3 N–H and O–H groups in total. The quantitative estimate of drug-likeness (QED) is 0.251. The van der Waals surface area contributed by atoms with Gasteiger partial charge in [0.1, 0.15) is 5.75 Å². The molecule has 2 rings (SSSR count). The minimum atomic E-state index is -0.889. The Hall–Kier alpha value is -2.82. The molecule has 0 aliphatic heterocycles. The topological polar surface area (TPSA) is 109 Å². The third kappa shape index (κ3) is 5.84. The van der Waals surface area contributed by atoms with Crippen LogP contribution in [0.25, 0.3) is 0 Å². The predicted octanol–water partition coefficient (Wildman–Crippen LogP) is 1.78. The van der Waals surface area contributed by atoms with Crippen LogP contribution in [0.2, 0.25) is 0 Å². The molecule has 0 aliphatic rings. The predicted molar refractivity (Wildman–Crippen MR) is 108 cm³/mol. The molecular formula is C18H18IN3O5. The van der Waals surface area contributed by atoms with Gasteiger partial charge in [-0.1, -0.05) is 12.1 Å². The van der Waals surface area contributed by atoms with Gasteiger partial charge in [-0.25, -0.2) is 5.43 Å². The number of nitrogens with one attached hydrogen (secondary N) is 2. The zero-order chi connectivity index (χ0) is 19.8. The maximum Gasteiger partial charge on any atom is 0.329 e. The SMILES string of the molecule is COc1ccc(CNC(=O)C(=O)N/N=C\c2cc(I)c(O)c(OC)c2)cc1. The number of nitrogens with zero attached hydrogens (tertiary/aromatic N) is 1. The second-order valence-corrected chi connectivity index (χ2v) is 6.45. The van der Waals surface area contributed by atoms with Crippen LogP contribution in [0.5, 0.6) is 17.2 Å². The van der Waals surface area contributed by atoms with Gasteiger partial charge in [0.05, 0.1) is 24.0 Å². The molecule has 9 heteroatoms. The van der Waals surface area contributed by atoms with Gasteiger partial charge >= 0.3 is 11.8 Å². The van der Waals surface area contributed by atoms with E-state index in [2.05, 4.69) is 15.8 Å². The standard InChI is InChI=1S/C18H18IN3O5/c1-26-13-5-3-11(4-6-13)9-20-17(24)18(25)22-21-10-12-7-14(19)16(23)15(8-12)27-2/h3-8,10,23H,9H2,1-2H3,(H,20,24)(H,22,25)/b21-10-. The first kappa shape index (κ1) is 20.5. The normalized spacial score (nSPS) is 10.5. The maximum absolute atomic E-state index is 11.8. The number of hydrogen-bond acceptors (Lipinski definition) is 6. The van der Waals surface area contributed by atoms with Crippen molar-refractivity contribution in [2.45, 2.75) is 6.54 Å². The summed E-state index contributed by atoms with van der Waals surface area (Å²) in [7, 11) is 3.00. The fraction of sp³-hybridized carbons (Fsp3) is 0.167. The molecule has 0 saturated carbocycles. The maximum atomic E-state index is 11.8. The van der Waals surface area contributed by atoms with Gasteiger partial charge < -0.3 is 19.9 Å². The highest BCUT2D eigenvalue weighted by Crippen LogP contribution is 2.31. The lowest BCUT2D eigenvalue weighted by atomic mass is 10.2. The molecule has 0 aromatic heterocycles. The summed E-state index contributed by atoms with van der Waals surface area (Å²) in [5, 5.41) is 16.0. The highest BCUT2D eigenvalue weighted by atomic mass is 127. The number of hydrazone groups is 1. The number of rotatable bonds is 6. The van der Waals surface area contributed by atoms with Crippen LogP contribution in [-0.2, 0) is 16.1 Å². The molecule has 0 heterocycles. The molecule has 2 aromatic rings. The van der Waals surface area contributed by atoms with Gasteiger partial charge in [0.2, 0.25) is 0 Å². The van der Waals surface area contributed by atoms with E-state index in [9.17, 15) is 14.7 Å². The van der Waals surface area contributed by atoms with E-state index in [1.54, 1.807) is 43.5 Å². The second-order valence-electron chi connectivity index (χ2n) is 5.28.